The number of nitrogens with one attached hydrogen (secondary N) is 1. The molecule has 0 unspecified atom stereocenters. The predicted molar refractivity (Wildman–Crippen MR) is 119 cm³/mol. The number of aromatic nitrogens is 3. The maximum absolute atomic E-state index is 13.2. The van der Waals surface area contributed by atoms with Crippen molar-refractivity contribution in [2.75, 3.05) is 14.2 Å². The van der Waals surface area contributed by atoms with Gasteiger partial charge in [-0.2, -0.15) is 5.10 Å². The fourth-order valence-corrected chi connectivity index (χ4v) is 3.90. The van der Waals surface area contributed by atoms with Crippen LogP contribution in [0, 0.1) is 0 Å². The van der Waals surface area contributed by atoms with Gasteiger partial charge in [-0.25, -0.2) is 4.68 Å². The normalized spacial score (nSPS) is 12.2. The number of methoxy groups -OCH3 is 2. The van der Waals surface area contributed by atoms with E-state index < -0.39 is 6.04 Å². The SMILES string of the molecule is CCc1nn([C@H](CC)C(=O)NCc2ccc(OC)c(OC)c2)c(=O)c2cc3occc3n12. The first-order chi connectivity index (χ1) is 15.5. The second kappa shape index (κ2) is 8.78. The molecule has 1 N–H and O–H groups in total. The number of rotatable bonds is 8. The molecule has 4 rings (SSSR count). The number of ether oxygens (including phenoxy) is 2. The van der Waals surface area contributed by atoms with E-state index in [9.17, 15) is 9.59 Å². The third-order valence-electron chi connectivity index (χ3n) is 5.55. The van der Waals surface area contributed by atoms with Gasteiger partial charge in [-0.15, -0.1) is 0 Å². The van der Waals surface area contributed by atoms with E-state index in [1.54, 1.807) is 49.1 Å². The van der Waals surface area contributed by atoms with E-state index in [4.69, 9.17) is 13.9 Å². The van der Waals surface area contributed by atoms with Gasteiger partial charge in [0, 0.05) is 25.1 Å². The Morgan fingerprint density at radius 3 is 2.59 bits per heavy atom. The lowest BCUT2D eigenvalue weighted by atomic mass is 10.1. The summed E-state index contributed by atoms with van der Waals surface area (Å²) in [6.07, 6.45) is 2.59. The first kappa shape index (κ1) is 21.5. The lowest BCUT2D eigenvalue weighted by Crippen LogP contribution is -2.39. The van der Waals surface area contributed by atoms with Gasteiger partial charge in [-0.3, -0.25) is 14.0 Å². The Bertz CT molecular complexity index is 1330. The van der Waals surface area contributed by atoms with Gasteiger partial charge in [0.25, 0.3) is 5.56 Å². The zero-order valence-corrected chi connectivity index (χ0v) is 18.5. The highest BCUT2D eigenvalue weighted by Crippen LogP contribution is 2.27. The molecule has 0 radical (unpaired) electrons. The minimum atomic E-state index is -0.737. The third kappa shape index (κ3) is 3.59. The molecule has 1 atom stereocenters. The predicted octanol–water partition coefficient (Wildman–Crippen LogP) is 3.09. The minimum absolute atomic E-state index is 0.279. The topological polar surface area (TPSA) is 100 Å². The van der Waals surface area contributed by atoms with Gasteiger partial charge in [0.15, 0.2) is 17.1 Å². The van der Waals surface area contributed by atoms with Crippen LogP contribution in [0.25, 0.3) is 16.6 Å². The van der Waals surface area contributed by atoms with E-state index in [0.717, 1.165) is 11.1 Å². The Morgan fingerprint density at radius 1 is 1.12 bits per heavy atom. The first-order valence-electron chi connectivity index (χ1n) is 10.5. The number of furan rings is 1. The van der Waals surface area contributed by atoms with Crippen molar-refractivity contribution in [2.24, 2.45) is 0 Å². The molecule has 3 aromatic heterocycles. The molecule has 0 aliphatic carbocycles. The van der Waals surface area contributed by atoms with Crippen LogP contribution in [0.15, 0.2) is 45.8 Å². The van der Waals surface area contributed by atoms with E-state index in [-0.39, 0.29) is 18.0 Å². The average Bonchev–Trinajstić information content (AvgIpc) is 3.41. The standard InChI is InChI=1S/C23H26N4O5/c1-5-15(22(28)24-13-14-7-8-18(30-3)20(11-14)31-4)27-23(29)17-12-19-16(9-10-32-19)26(17)21(6-2)25-27/h7-12,15H,5-6,13H2,1-4H3,(H,24,28)/t15-/m1/s1. The molecule has 0 spiro atoms. The van der Waals surface area contributed by atoms with Crippen LogP contribution in [0.2, 0.25) is 0 Å². The number of carbonyl (C=O) groups is 1. The fraction of sp³-hybridized carbons (Fsp3) is 0.348. The van der Waals surface area contributed by atoms with Crippen molar-refractivity contribution in [3.63, 3.8) is 0 Å². The van der Waals surface area contributed by atoms with Crippen LogP contribution in [0.4, 0.5) is 0 Å². The van der Waals surface area contributed by atoms with Crippen LogP contribution < -0.4 is 20.3 Å². The number of benzene rings is 1. The van der Waals surface area contributed by atoms with Gasteiger partial charge in [0.05, 0.1) is 26.0 Å². The molecule has 9 nitrogen and oxygen atoms in total. The largest absolute Gasteiger partial charge is 0.493 e. The summed E-state index contributed by atoms with van der Waals surface area (Å²) in [4.78, 5) is 26.3. The highest BCUT2D eigenvalue weighted by molar-refractivity contribution is 5.83. The van der Waals surface area contributed by atoms with Crippen molar-refractivity contribution in [2.45, 2.75) is 39.3 Å². The van der Waals surface area contributed by atoms with Gasteiger partial charge in [0.1, 0.15) is 17.4 Å². The van der Waals surface area contributed by atoms with E-state index in [1.807, 2.05) is 19.9 Å². The van der Waals surface area contributed by atoms with E-state index >= 15 is 0 Å². The molecule has 4 aromatic rings. The Hall–Kier alpha value is -3.75. The Balaban J connectivity index is 1.64. The highest BCUT2D eigenvalue weighted by Gasteiger charge is 2.24. The summed E-state index contributed by atoms with van der Waals surface area (Å²) < 4.78 is 19.1. The van der Waals surface area contributed by atoms with Crippen molar-refractivity contribution in [1.82, 2.24) is 19.5 Å². The van der Waals surface area contributed by atoms with Crippen molar-refractivity contribution in [3.05, 3.63) is 58.3 Å². The molecule has 0 bridgehead atoms. The van der Waals surface area contributed by atoms with Crippen molar-refractivity contribution >= 4 is 22.5 Å². The molecule has 32 heavy (non-hydrogen) atoms. The Labute approximate surface area is 184 Å². The Morgan fingerprint density at radius 2 is 1.91 bits per heavy atom. The lowest BCUT2D eigenvalue weighted by Gasteiger charge is -2.18. The monoisotopic (exact) mass is 438 g/mol. The van der Waals surface area contributed by atoms with Gasteiger partial charge < -0.3 is 19.2 Å². The Kier molecular flexibility index (Phi) is 5.89. The van der Waals surface area contributed by atoms with Gasteiger partial charge in [-0.1, -0.05) is 19.9 Å². The maximum atomic E-state index is 13.2. The third-order valence-corrected chi connectivity index (χ3v) is 5.55. The maximum Gasteiger partial charge on any atom is 0.291 e. The number of carbonyl (C=O) groups excluding carboxylic acids is 1. The molecule has 9 heteroatoms. The lowest BCUT2D eigenvalue weighted by molar-refractivity contribution is -0.125. The van der Waals surface area contributed by atoms with Gasteiger partial charge >= 0.3 is 0 Å². The second-order valence-corrected chi connectivity index (χ2v) is 7.39. The molecule has 0 aliphatic rings. The molecule has 3 heterocycles. The van der Waals surface area contributed by atoms with Crippen LogP contribution in [-0.4, -0.2) is 34.3 Å². The van der Waals surface area contributed by atoms with Crippen LogP contribution in [-0.2, 0) is 17.8 Å². The summed E-state index contributed by atoms with van der Waals surface area (Å²) in [6, 6.07) is 8.21. The summed E-state index contributed by atoms with van der Waals surface area (Å²) >= 11 is 0. The number of amides is 1. The first-order valence-corrected chi connectivity index (χ1v) is 10.5. The number of fused-ring (bicyclic) bond motifs is 3. The smallest absolute Gasteiger partial charge is 0.291 e. The van der Waals surface area contributed by atoms with Gasteiger partial charge in [0.2, 0.25) is 5.91 Å². The van der Waals surface area contributed by atoms with E-state index in [0.29, 0.717) is 41.3 Å². The van der Waals surface area contributed by atoms with Crippen LogP contribution in [0.3, 0.4) is 0 Å². The molecular formula is C23H26N4O5. The number of hydrogen-bond donors (Lipinski definition) is 1. The number of hydrogen-bond acceptors (Lipinski definition) is 6. The zero-order chi connectivity index (χ0) is 22.8. The number of aryl methyl sites for hydroxylation is 1. The molecule has 0 saturated carbocycles. The highest BCUT2D eigenvalue weighted by atomic mass is 16.5. The fourth-order valence-electron chi connectivity index (χ4n) is 3.90. The van der Waals surface area contributed by atoms with Crippen LogP contribution >= 0.6 is 0 Å². The van der Waals surface area contributed by atoms with Crippen molar-refractivity contribution in [1.29, 1.82) is 0 Å². The molecule has 168 valence electrons. The quantitative estimate of drug-likeness (QED) is 0.454. The van der Waals surface area contributed by atoms with Crippen LogP contribution in [0.1, 0.15) is 37.7 Å². The summed E-state index contributed by atoms with van der Waals surface area (Å²) in [7, 11) is 3.13. The van der Waals surface area contributed by atoms with E-state index in [2.05, 4.69) is 10.4 Å². The zero-order valence-electron chi connectivity index (χ0n) is 18.5. The van der Waals surface area contributed by atoms with Crippen LogP contribution in [0.5, 0.6) is 11.5 Å². The van der Waals surface area contributed by atoms with E-state index in [1.165, 1.54) is 4.68 Å². The van der Waals surface area contributed by atoms with Crippen molar-refractivity contribution in [3.8, 4) is 11.5 Å². The summed E-state index contributed by atoms with van der Waals surface area (Å²) in [5.41, 5.74) is 2.36. The molecule has 0 saturated heterocycles. The molecule has 1 amide bonds. The molecule has 1 aromatic carbocycles. The van der Waals surface area contributed by atoms with Gasteiger partial charge in [-0.05, 0) is 24.1 Å². The molecule has 0 fully saturated rings. The minimum Gasteiger partial charge on any atom is -0.493 e. The van der Waals surface area contributed by atoms with Crippen molar-refractivity contribution < 1.29 is 18.7 Å². The summed E-state index contributed by atoms with van der Waals surface area (Å²) in [5.74, 6) is 1.60. The summed E-state index contributed by atoms with van der Waals surface area (Å²) in [6.45, 7) is 4.10. The second-order valence-electron chi connectivity index (χ2n) is 7.39. The summed E-state index contributed by atoms with van der Waals surface area (Å²) in [5, 5.41) is 7.46. The number of nitrogens with zero attached hydrogens (tertiary/aromatic N) is 3. The molecular weight excluding hydrogens is 412 g/mol. The average molecular weight is 438 g/mol. The molecule has 0 aliphatic heterocycles.